The second-order valence-corrected chi connectivity index (χ2v) is 5.11. The molecule has 3 nitrogen and oxygen atoms in total. The lowest BCUT2D eigenvalue weighted by Crippen LogP contribution is -2.53. The van der Waals surface area contributed by atoms with E-state index in [1.807, 2.05) is 20.8 Å². The van der Waals surface area contributed by atoms with Crippen LogP contribution in [0, 0.1) is 5.41 Å². The van der Waals surface area contributed by atoms with Crippen molar-refractivity contribution in [1.82, 2.24) is 10.6 Å². The van der Waals surface area contributed by atoms with Gasteiger partial charge in [0.1, 0.15) is 0 Å². The molecule has 0 fully saturated rings. The van der Waals surface area contributed by atoms with Crippen molar-refractivity contribution in [3.63, 3.8) is 0 Å². The van der Waals surface area contributed by atoms with Gasteiger partial charge in [0, 0.05) is 11.1 Å². The van der Waals surface area contributed by atoms with Gasteiger partial charge < -0.3 is 10.6 Å². The van der Waals surface area contributed by atoms with Crippen molar-refractivity contribution in [2.24, 2.45) is 0 Å². The lowest BCUT2D eigenvalue weighted by Gasteiger charge is -2.30. The molecule has 0 rings (SSSR count). The molecule has 0 saturated carbocycles. The van der Waals surface area contributed by atoms with E-state index in [9.17, 15) is 0 Å². The number of hydrogen-bond donors (Lipinski definition) is 3. The molecule has 78 valence electrons. The Labute approximate surface area is 81.8 Å². The van der Waals surface area contributed by atoms with E-state index in [2.05, 4.69) is 31.4 Å². The molecule has 0 aliphatic heterocycles. The van der Waals surface area contributed by atoms with E-state index < -0.39 is 0 Å². The Hall–Kier alpha value is -0.730. The van der Waals surface area contributed by atoms with Crippen molar-refractivity contribution < 1.29 is 0 Å². The van der Waals surface area contributed by atoms with Crippen LogP contribution in [0.2, 0.25) is 0 Å². The van der Waals surface area contributed by atoms with Gasteiger partial charge in [-0.1, -0.05) is 6.92 Å². The van der Waals surface area contributed by atoms with E-state index in [1.165, 1.54) is 0 Å². The summed E-state index contributed by atoms with van der Waals surface area (Å²) in [4.78, 5) is 0. The topological polar surface area (TPSA) is 47.9 Å². The van der Waals surface area contributed by atoms with Gasteiger partial charge in [-0.15, -0.1) is 0 Å². The van der Waals surface area contributed by atoms with Crippen molar-refractivity contribution >= 4 is 5.96 Å². The third-order valence-corrected chi connectivity index (χ3v) is 1.85. The predicted octanol–water partition coefficient (Wildman–Crippen LogP) is 2.09. The smallest absolute Gasteiger partial charge is 0.189 e. The number of guanidine groups is 1. The normalized spacial score (nSPS) is 12.5. The van der Waals surface area contributed by atoms with Gasteiger partial charge in [-0.2, -0.15) is 0 Å². The molecule has 0 aromatic heterocycles. The molecule has 0 aliphatic carbocycles. The van der Waals surface area contributed by atoms with Crippen LogP contribution in [0.4, 0.5) is 0 Å². The van der Waals surface area contributed by atoms with E-state index in [0.29, 0.717) is 5.96 Å². The molecule has 0 radical (unpaired) electrons. The first-order chi connectivity index (χ1) is 5.66. The van der Waals surface area contributed by atoms with Crippen LogP contribution in [0.5, 0.6) is 0 Å². The highest BCUT2D eigenvalue weighted by atomic mass is 15.2. The van der Waals surface area contributed by atoms with Gasteiger partial charge in [-0.25, -0.2) is 0 Å². The van der Waals surface area contributed by atoms with Gasteiger partial charge in [-0.05, 0) is 41.0 Å². The van der Waals surface area contributed by atoms with Crippen molar-refractivity contribution in [3.05, 3.63) is 0 Å². The fourth-order valence-electron chi connectivity index (χ4n) is 0.833. The minimum absolute atomic E-state index is 0.00463. The molecule has 0 unspecified atom stereocenters. The number of hydrogen-bond acceptors (Lipinski definition) is 1. The summed E-state index contributed by atoms with van der Waals surface area (Å²) in [6.45, 7) is 12.4. The van der Waals surface area contributed by atoms with E-state index in [0.717, 1.165) is 6.42 Å². The minimum Gasteiger partial charge on any atom is -0.352 e. The molecule has 0 amide bonds. The summed E-state index contributed by atoms with van der Waals surface area (Å²) in [6, 6.07) is 0. The second kappa shape index (κ2) is 3.99. The second-order valence-electron chi connectivity index (χ2n) is 5.11. The molecule has 0 aromatic rings. The van der Waals surface area contributed by atoms with Crippen LogP contribution in [-0.4, -0.2) is 17.0 Å². The van der Waals surface area contributed by atoms with Crippen LogP contribution in [0.25, 0.3) is 0 Å². The number of nitrogens with one attached hydrogen (secondary N) is 3. The van der Waals surface area contributed by atoms with E-state index in [1.54, 1.807) is 0 Å². The van der Waals surface area contributed by atoms with Gasteiger partial charge >= 0.3 is 0 Å². The fraction of sp³-hybridized carbons (Fsp3) is 0.900. The van der Waals surface area contributed by atoms with Crippen LogP contribution in [0.1, 0.15) is 48.0 Å². The Kier molecular flexibility index (Phi) is 3.76. The quantitative estimate of drug-likeness (QED) is 0.456. The fourth-order valence-corrected chi connectivity index (χ4v) is 0.833. The lowest BCUT2D eigenvalue weighted by atomic mass is 10.0. The van der Waals surface area contributed by atoms with Crippen LogP contribution in [0.15, 0.2) is 0 Å². The Morgan fingerprint density at radius 1 is 1.08 bits per heavy atom. The molecular weight excluding hydrogens is 162 g/mol. The standard InChI is InChI=1S/C10H23N3/c1-7-10(5,6)13-8(11)12-9(2,3)4/h7H2,1-6H3,(H3,11,12,13). The van der Waals surface area contributed by atoms with Crippen LogP contribution < -0.4 is 10.6 Å². The molecule has 13 heavy (non-hydrogen) atoms. The minimum atomic E-state index is -0.0477. The summed E-state index contributed by atoms with van der Waals surface area (Å²) in [5.41, 5.74) is -0.0523. The molecule has 0 atom stereocenters. The highest BCUT2D eigenvalue weighted by Gasteiger charge is 2.18. The van der Waals surface area contributed by atoms with Crippen LogP contribution >= 0.6 is 0 Å². The maximum Gasteiger partial charge on any atom is 0.189 e. The summed E-state index contributed by atoms with van der Waals surface area (Å²) in [6.07, 6.45) is 1.00. The van der Waals surface area contributed by atoms with E-state index in [-0.39, 0.29) is 11.1 Å². The van der Waals surface area contributed by atoms with Crippen molar-refractivity contribution in [2.45, 2.75) is 59.0 Å². The third-order valence-electron chi connectivity index (χ3n) is 1.85. The maximum absolute atomic E-state index is 7.68. The first-order valence-electron chi connectivity index (χ1n) is 4.81. The highest BCUT2D eigenvalue weighted by molar-refractivity contribution is 5.77. The molecule has 0 bridgehead atoms. The number of rotatable bonds is 2. The van der Waals surface area contributed by atoms with Gasteiger partial charge in [0.15, 0.2) is 5.96 Å². The van der Waals surface area contributed by atoms with Crippen LogP contribution in [0.3, 0.4) is 0 Å². The summed E-state index contributed by atoms with van der Waals surface area (Å²) in [5, 5.41) is 13.9. The summed E-state index contributed by atoms with van der Waals surface area (Å²) in [5.74, 6) is 0.402. The summed E-state index contributed by atoms with van der Waals surface area (Å²) < 4.78 is 0. The van der Waals surface area contributed by atoms with Gasteiger partial charge in [0.2, 0.25) is 0 Å². The zero-order valence-electron chi connectivity index (χ0n) is 9.71. The Bertz CT molecular complexity index is 177. The zero-order chi connectivity index (χ0) is 10.7. The van der Waals surface area contributed by atoms with Gasteiger partial charge in [-0.3, -0.25) is 5.41 Å². The van der Waals surface area contributed by atoms with Gasteiger partial charge in [0.05, 0.1) is 0 Å². The molecule has 0 spiro atoms. The molecule has 3 heteroatoms. The third kappa shape index (κ3) is 6.43. The highest BCUT2D eigenvalue weighted by Crippen LogP contribution is 2.06. The van der Waals surface area contributed by atoms with Crippen molar-refractivity contribution in [2.75, 3.05) is 0 Å². The van der Waals surface area contributed by atoms with Crippen molar-refractivity contribution in [1.29, 1.82) is 5.41 Å². The largest absolute Gasteiger partial charge is 0.352 e. The Balaban J connectivity index is 4.03. The monoisotopic (exact) mass is 185 g/mol. The average Bonchev–Trinajstić information content (AvgIpc) is 1.81. The molecule has 0 saturated heterocycles. The molecule has 0 aliphatic rings. The van der Waals surface area contributed by atoms with Gasteiger partial charge in [0.25, 0.3) is 0 Å². The molecule has 3 N–H and O–H groups in total. The van der Waals surface area contributed by atoms with E-state index in [4.69, 9.17) is 5.41 Å². The van der Waals surface area contributed by atoms with Crippen molar-refractivity contribution in [3.8, 4) is 0 Å². The predicted molar refractivity (Wildman–Crippen MR) is 58.1 cm³/mol. The summed E-state index contributed by atoms with van der Waals surface area (Å²) >= 11 is 0. The van der Waals surface area contributed by atoms with Crippen LogP contribution in [-0.2, 0) is 0 Å². The Morgan fingerprint density at radius 2 is 1.54 bits per heavy atom. The summed E-state index contributed by atoms with van der Waals surface area (Å²) in [7, 11) is 0. The maximum atomic E-state index is 7.68. The van der Waals surface area contributed by atoms with E-state index >= 15 is 0 Å². The zero-order valence-corrected chi connectivity index (χ0v) is 9.71. The average molecular weight is 185 g/mol. The molecular formula is C10H23N3. The Morgan fingerprint density at radius 3 is 1.85 bits per heavy atom. The molecule has 0 aromatic carbocycles. The SMILES string of the molecule is CCC(C)(C)NC(=N)NC(C)(C)C. The lowest BCUT2D eigenvalue weighted by molar-refractivity contribution is 0.420. The molecule has 0 heterocycles. The first-order valence-corrected chi connectivity index (χ1v) is 4.81. The first kappa shape index (κ1) is 12.3.